The van der Waals surface area contributed by atoms with Crippen molar-refractivity contribution in [3.05, 3.63) is 24.1 Å². The number of carbonyl (C=O) groups excluding carboxylic acids is 1. The SMILES string of the molecule is O=C([C@H]1CCOC1)N1CC2(C[C@@H](Oc3ncccc3F)CS2)C1. The van der Waals surface area contributed by atoms with Gasteiger partial charge in [0, 0.05) is 38.1 Å². The molecule has 0 aliphatic carbocycles. The maximum absolute atomic E-state index is 13.6. The highest BCUT2D eigenvalue weighted by atomic mass is 32.2. The predicted molar refractivity (Wildman–Crippen MR) is 83.9 cm³/mol. The van der Waals surface area contributed by atoms with Crippen molar-refractivity contribution in [1.82, 2.24) is 9.88 Å². The molecule has 1 aromatic heterocycles. The van der Waals surface area contributed by atoms with Crippen molar-refractivity contribution in [3.63, 3.8) is 0 Å². The number of carbonyl (C=O) groups is 1. The number of aromatic nitrogens is 1. The molecule has 0 radical (unpaired) electrons. The maximum atomic E-state index is 13.6. The number of rotatable bonds is 3. The Bertz CT molecular complexity index is 603. The van der Waals surface area contributed by atoms with E-state index in [2.05, 4.69) is 4.98 Å². The number of ether oxygens (including phenoxy) is 2. The highest BCUT2D eigenvalue weighted by Crippen LogP contribution is 2.46. The molecule has 3 aliphatic rings. The van der Waals surface area contributed by atoms with E-state index in [0.717, 1.165) is 31.7 Å². The van der Waals surface area contributed by atoms with Crippen LogP contribution in [0.25, 0.3) is 0 Å². The number of halogens is 1. The monoisotopic (exact) mass is 338 g/mol. The van der Waals surface area contributed by atoms with Crippen molar-refractivity contribution in [2.75, 3.05) is 32.1 Å². The van der Waals surface area contributed by atoms with Crippen molar-refractivity contribution >= 4 is 17.7 Å². The van der Waals surface area contributed by atoms with Gasteiger partial charge >= 0.3 is 0 Å². The maximum Gasteiger partial charge on any atom is 0.250 e. The van der Waals surface area contributed by atoms with E-state index in [1.807, 2.05) is 16.7 Å². The molecule has 23 heavy (non-hydrogen) atoms. The molecule has 2 atom stereocenters. The van der Waals surface area contributed by atoms with Crippen LogP contribution in [-0.4, -0.2) is 58.7 Å². The number of hydrogen-bond donors (Lipinski definition) is 0. The van der Waals surface area contributed by atoms with Crippen LogP contribution < -0.4 is 4.74 Å². The Labute approximate surface area is 138 Å². The third-order valence-corrected chi connectivity index (χ3v) is 6.30. The molecule has 3 aliphatic heterocycles. The van der Waals surface area contributed by atoms with Crippen molar-refractivity contribution in [1.29, 1.82) is 0 Å². The van der Waals surface area contributed by atoms with Gasteiger partial charge in [0.15, 0.2) is 5.82 Å². The van der Waals surface area contributed by atoms with Crippen molar-refractivity contribution < 1.29 is 18.7 Å². The van der Waals surface area contributed by atoms with Gasteiger partial charge in [-0.05, 0) is 18.6 Å². The molecule has 0 bridgehead atoms. The van der Waals surface area contributed by atoms with E-state index in [9.17, 15) is 9.18 Å². The number of pyridine rings is 1. The lowest BCUT2D eigenvalue weighted by Crippen LogP contribution is -2.62. The van der Waals surface area contributed by atoms with Crippen LogP contribution in [0.2, 0.25) is 0 Å². The average molecular weight is 338 g/mol. The van der Waals surface area contributed by atoms with Crippen LogP contribution >= 0.6 is 11.8 Å². The zero-order valence-corrected chi connectivity index (χ0v) is 13.6. The van der Waals surface area contributed by atoms with Crippen LogP contribution in [0.4, 0.5) is 4.39 Å². The number of thioether (sulfide) groups is 1. The summed E-state index contributed by atoms with van der Waals surface area (Å²) < 4.78 is 24.7. The average Bonchev–Trinajstić information content (AvgIpc) is 3.17. The minimum Gasteiger partial charge on any atom is -0.471 e. The van der Waals surface area contributed by atoms with Gasteiger partial charge in [0.25, 0.3) is 5.88 Å². The second-order valence-corrected chi connectivity index (χ2v) is 7.97. The van der Waals surface area contributed by atoms with E-state index < -0.39 is 5.82 Å². The van der Waals surface area contributed by atoms with Crippen molar-refractivity contribution in [3.8, 4) is 5.88 Å². The summed E-state index contributed by atoms with van der Waals surface area (Å²) in [5.74, 6) is 0.711. The molecule has 1 amide bonds. The van der Waals surface area contributed by atoms with Gasteiger partial charge in [0.1, 0.15) is 6.10 Å². The van der Waals surface area contributed by atoms with Crippen molar-refractivity contribution in [2.45, 2.75) is 23.7 Å². The molecule has 4 rings (SSSR count). The zero-order chi connectivity index (χ0) is 15.9. The fourth-order valence-electron chi connectivity index (χ4n) is 3.51. The standard InChI is InChI=1S/C16H19FN2O3S/c17-13-2-1-4-18-14(13)22-12-6-16(23-8-12)9-19(10-16)15(20)11-3-5-21-7-11/h1-2,4,11-12H,3,5-10H2/t11-,12+/m0/s1. The Hall–Kier alpha value is -1.34. The molecule has 0 saturated carbocycles. The highest BCUT2D eigenvalue weighted by Gasteiger charge is 2.52. The summed E-state index contributed by atoms with van der Waals surface area (Å²) in [5.41, 5.74) is 0. The molecular weight excluding hydrogens is 319 g/mol. The molecule has 1 spiro atoms. The Morgan fingerprint density at radius 3 is 3.13 bits per heavy atom. The lowest BCUT2D eigenvalue weighted by atomic mass is 9.91. The second-order valence-electron chi connectivity index (χ2n) is 6.48. The number of likely N-dealkylation sites (tertiary alicyclic amines) is 1. The first-order valence-corrected chi connectivity index (χ1v) is 8.91. The van der Waals surface area contributed by atoms with E-state index in [-0.39, 0.29) is 28.6 Å². The minimum absolute atomic E-state index is 0.0356. The minimum atomic E-state index is -0.426. The van der Waals surface area contributed by atoms with Crippen LogP contribution in [0.5, 0.6) is 5.88 Å². The van der Waals surface area contributed by atoms with Crippen LogP contribution in [-0.2, 0) is 9.53 Å². The summed E-state index contributed by atoms with van der Waals surface area (Å²) in [6.07, 6.45) is 3.15. The Morgan fingerprint density at radius 1 is 1.52 bits per heavy atom. The fourth-order valence-corrected chi connectivity index (χ4v) is 5.03. The first-order valence-electron chi connectivity index (χ1n) is 7.93. The van der Waals surface area contributed by atoms with E-state index in [1.54, 1.807) is 6.07 Å². The molecule has 1 aromatic rings. The number of nitrogens with zero attached hydrogens (tertiary/aromatic N) is 2. The molecule has 0 unspecified atom stereocenters. The van der Waals surface area contributed by atoms with Gasteiger partial charge in [-0.15, -0.1) is 11.8 Å². The zero-order valence-electron chi connectivity index (χ0n) is 12.7. The summed E-state index contributed by atoms with van der Waals surface area (Å²) in [7, 11) is 0. The third kappa shape index (κ3) is 2.92. The molecule has 0 N–H and O–H groups in total. The molecular formula is C16H19FN2O3S. The third-order valence-electron chi connectivity index (χ3n) is 4.73. The lowest BCUT2D eigenvalue weighted by molar-refractivity contribution is -0.141. The topological polar surface area (TPSA) is 51.7 Å². The van der Waals surface area contributed by atoms with Gasteiger partial charge < -0.3 is 14.4 Å². The van der Waals surface area contributed by atoms with Gasteiger partial charge in [-0.2, -0.15) is 0 Å². The summed E-state index contributed by atoms with van der Waals surface area (Å²) in [6, 6.07) is 2.91. The first kappa shape index (κ1) is 15.2. The molecule has 3 fully saturated rings. The Morgan fingerprint density at radius 2 is 2.39 bits per heavy atom. The largest absolute Gasteiger partial charge is 0.471 e. The van der Waals surface area contributed by atoms with Crippen molar-refractivity contribution in [2.24, 2.45) is 5.92 Å². The van der Waals surface area contributed by atoms with Gasteiger partial charge in [0.05, 0.1) is 17.3 Å². The normalized spacial score (nSPS) is 28.8. The van der Waals surface area contributed by atoms with E-state index in [1.165, 1.54) is 12.3 Å². The molecule has 3 saturated heterocycles. The molecule has 4 heterocycles. The van der Waals surface area contributed by atoms with Gasteiger partial charge in [-0.3, -0.25) is 4.79 Å². The van der Waals surface area contributed by atoms with Gasteiger partial charge in [-0.1, -0.05) is 0 Å². The highest BCUT2D eigenvalue weighted by molar-refractivity contribution is 8.01. The van der Waals surface area contributed by atoms with E-state index in [4.69, 9.17) is 9.47 Å². The summed E-state index contributed by atoms with van der Waals surface area (Å²) in [5, 5.41) is 0. The first-order chi connectivity index (χ1) is 11.2. The summed E-state index contributed by atoms with van der Waals surface area (Å²) in [4.78, 5) is 18.2. The van der Waals surface area contributed by atoms with Crippen LogP contribution in [0.1, 0.15) is 12.8 Å². The van der Waals surface area contributed by atoms with Crippen LogP contribution in [0.3, 0.4) is 0 Å². The smallest absolute Gasteiger partial charge is 0.250 e. The molecule has 0 aromatic carbocycles. The lowest BCUT2D eigenvalue weighted by Gasteiger charge is -2.48. The Kier molecular flexibility index (Phi) is 3.93. The number of amides is 1. The summed E-state index contributed by atoms with van der Waals surface area (Å²) >= 11 is 1.83. The Balaban J connectivity index is 1.31. The second kappa shape index (κ2) is 5.94. The molecule has 5 nitrogen and oxygen atoms in total. The van der Waals surface area contributed by atoms with Crippen LogP contribution in [0.15, 0.2) is 18.3 Å². The number of hydrogen-bond acceptors (Lipinski definition) is 5. The quantitative estimate of drug-likeness (QED) is 0.840. The summed E-state index contributed by atoms with van der Waals surface area (Å²) in [6.45, 7) is 2.77. The van der Waals surface area contributed by atoms with E-state index >= 15 is 0 Å². The molecule has 124 valence electrons. The fraction of sp³-hybridized carbons (Fsp3) is 0.625. The predicted octanol–water partition coefficient (Wildman–Crippen LogP) is 1.72. The van der Waals surface area contributed by atoms with E-state index in [0.29, 0.717) is 13.2 Å². The van der Waals surface area contributed by atoms with Crippen LogP contribution in [0, 0.1) is 11.7 Å². The van der Waals surface area contributed by atoms with Gasteiger partial charge in [-0.25, -0.2) is 9.37 Å². The molecule has 7 heteroatoms. The van der Waals surface area contributed by atoms with Gasteiger partial charge in [0.2, 0.25) is 5.91 Å².